The number of amides is 1. The van der Waals surface area contributed by atoms with Gasteiger partial charge in [-0.25, -0.2) is 8.42 Å². The SMILES string of the molecule is CC(C)c1cc(C(C)C)c(CS(=O)(=O)[N-]C(=O)Cc2c(C(C)C)cccc2C(C)C)c(C(C)C)c1.[Na+]. The Bertz CT molecular complexity index is 1090. The molecule has 0 aromatic heterocycles. The maximum Gasteiger partial charge on any atom is 1.00 e. The predicted octanol–water partition coefficient (Wildman–Crippen LogP) is 5.28. The van der Waals surface area contributed by atoms with Gasteiger partial charge >= 0.3 is 29.6 Å². The standard InChI is InChI=1S/C30H45NO3S.Na/c1-18(2)23-14-26(21(7)8)29(27(15-23)22(9)10)17-35(33,34)31-30(32)16-28-24(19(3)4)12-11-13-25(28)20(5)6;/h11-15,18-22H,16-17H2,1-10H3,(H,31,32);/q;+1/p-1. The van der Waals surface area contributed by atoms with Crippen molar-refractivity contribution in [2.45, 2.75) is 111 Å². The monoisotopic (exact) mass is 521 g/mol. The third kappa shape index (κ3) is 8.44. The molecule has 0 heterocycles. The molecule has 0 aliphatic carbocycles. The summed E-state index contributed by atoms with van der Waals surface area (Å²) in [7, 11) is -3.99. The first-order valence-electron chi connectivity index (χ1n) is 12.9. The van der Waals surface area contributed by atoms with E-state index in [1.54, 1.807) is 0 Å². The third-order valence-electron chi connectivity index (χ3n) is 6.64. The molecule has 0 spiro atoms. The van der Waals surface area contributed by atoms with Gasteiger partial charge in [-0.1, -0.05) is 99.6 Å². The van der Waals surface area contributed by atoms with Crippen molar-refractivity contribution >= 4 is 15.9 Å². The molecule has 194 valence electrons. The molecule has 0 atom stereocenters. The van der Waals surface area contributed by atoms with Gasteiger partial charge in [0, 0.05) is 6.42 Å². The molecule has 1 amide bonds. The molecular formula is C30H44NNaO3S. The van der Waals surface area contributed by atoms with E-state index in [0.29, 0.717) is 5.92 Å². The molecule has 0 N–H and O–H groups in total. The predicted molar refractivity (Wildman–Crippen MR) is 148 cm³/mol. The van der Waals surface area contributed by atoms with Gasteiger partial charge in [-0.3, -0.25) is 0 Å². The van der Waals surface area contributed by atoms with Crippen molar-refractivity contribution in [2.75, 3.05) is 0 Å². The Morgan fingerprint density at radius 2 is 1.11 bits per heavy atom. The van der Waals surface area contributed by atoms with Crippen molar-refractivity contribution in [3.05, 3.63) is 74.0 Å². The van der Waals surface area contributed by atoms with Crippen molar-refractivity contribution < 1.29 is 42.8 Å². The third-order valence-corrected chi connectivity index (χ3v) is 7.78. The summed E-state index contributed by atoms with van der Waals surface area (Å²) in [6.07, 6.45) is 0.00145. The van der Waals surface area contributed by atoms with Crippen molar-refractivity contribution in [3.63, 3.8) is 0 Å². The summed E-state index contributed by atoms with van der Waals surface area (Å²) in [5.74, 6) is 0.289. The first-order valence-corrected chi connectivity index (χ1v) is 14.5. The van der Waals surface area contributed by atoms with Crippen LogP contribution < -0.4 is 29.6 Å². The maximum absolute atomic E-state index is 13.2. The summed E-state index contributed by atoms with van der Waals surface area (Å²) >= 11 is 0. The van der Waals surface area contributed by atoms with E-state index in [9.17, 15) is 13.2 Å². The Hall–Kier alpha value is -1.14. The number of hydrogen-bond acceptors (Lipinski definition) is 3. The Kier molecular flexibility index (Phi) is 12.4. The molecule has 0 aliphatic heterocycles. The minimum Gasteiger partial charge on any atom is -0.545 e. The quantitative estimate of drug-likeness (QED) is 0.400. The summed E-state index contributed by atoms with van der Waals surface area (Å²) < 4.78 is 30.2. The van der Waals surface area contributed by atoms with Gasteiger partial charge in [0.25, 0.3) is 0 Å². The van der Waals surface area contributed by atoms with E-state index in [2.05, 4.69) is 86.1 Å². The molecule has 4 nitrogen and oxygen atoms in total. The number of benzene rings is 2. The second-order valence-corrected chi connectivity index (χ2v) is 12.9. The fraction of sp³-hybridized carbons (Fsp3) is 0.567. The number of carbonyl (C=O) groups is 1. The molecular weight excluding hydrogens is 477 g/mol. The second kappa shape index (κ2) is 13.6. The van der Waals surface area contributed by atoms with Crippen LogP contribution in [0.4, 0.5) is 0 Å². The molecule has 2 rings (SSSR count). The van der Waals surface area contributed by atoms with E-state index >= 15 is 0 Å². The fourth-order valence-corrected chi connectivity index (χ4v) is 5.87. The van der Waals surface area contributed by atoms with Crippen LogP contribution in [0.2, 0.25) is 0 Å². The molecule has 36 heavy (non-hydrogen) atoms. The topological polar surface area (TPSA) is 65.3 Å². The Morgan fingerprint density at radius 1 is 0.694 bits per heavy atom. The summed E-state index contributed by atoms with van der Waals surface area (Å²) in [5.41, 5.74) is 7.11. The maximum atomic E-state index is 13.2. The molecule has 0 aliphatic rings. The van der Waals surface area contributed by atoms with E-state index < -0.39 is 15.9 Å². The Labute approximate surface area is 242 Å². The average Bonchev–Trinajstić information content (AvgIpc) is 2.72. The summed E-state index contributed by atoms with van der Waals surface area (Å²) in [6.45, 7) is 21.0. The first kappa shape index (κ1) is 32.9. The van der Waals surface area contributed by atoms with Crippen molar-refractivity contribution in [1.29, 1.82) is 0 Å². The van der Waals surface area contributed by atoms with Gasteiger partial charge in [0.1, 0.15) is 0 Å². The van der Waals surface area contributed by atoms with Crippen LogP contribution >= 0.6 is 0 Å². The molecule has 2 aromatic rings. The summed E-state index contributed by atoms with van der Waals surface area (Å²) in [5, 5.41) is 0. The van der Waals surface area contributed by atoms with Gasteiger partial charge in [-0.2, -0.15) is 0 Å². The molecule has 6 heteroatoms. The van der Waals surface area contributed by atoms with Gasteiger partial charge in [0.05, 0.1) is 21.7 Å². The van der Waals surface area contributed by atoms with Gasteiger partial charge < -0.3 is 9.52 Å². The smallest absolute Gasteiger partial charge is 0.545 e. The normalized spacial score (nSPS) is 12.1. The van der Waals surface area contributed by atoms with Crippen LogP contribution in [0.5, 0.6) is 0 Å². The number of rotatable bonds is 10. The minimum absolute atomic E-state index is 0. The Morgan fingerprint density at radius 3 is 1.47 bits per heavy atom. The van der Waals surface area contributed by atoms with Crippen LogP contribution in [0.25, 0.3) is 4.72 Å². The molecule has 0 bridgehead atoms. The van der Waals surface area contributed by atoms with Crippen molar-refractivity contribution in [3.8, 4) is 0 Å². The zero-order valence-corrected chi connectivity index (χ0v) is 27.1. The number of sulfonamides is 1. The number of hydrogen-bond donors (Lipinski definition) is 0. The summed E-state index contributed by atoms with van der Waals surface area (Å²) in [6, 6.07) is 10.3. The molecule has 0 radical (unpaired) electrons. The van der Waals surface area contributed by atoms with E-state index in [4.69, 9.17) is 0 Å². The second-order valence-electron chi connectivity index (χ2n) is 11.3. The van der Waals surface area contributed by atoms with Gasteiger partial charge in [0.2, 0.25) is 0 Å². The van der Waals surface area contributed by atoms with E-state index in [0.717, 1.165) is 33.4 Å². The van der Waals surface area contributed by atoms with Crippen LogP contribution in [0.1, 0.15) is 138 Å². The van der Waals surface area contributed by atoms with Gasteiger partial charge in [0.15, 0.2) is 0 Å². The zero-order chi connectivity index (χ0) is 26.7. The fourth-order valence-electron chi connectivity index (χ4n) is 4.73. The van der Waals surface area contributed by atoms with Crippen molar-refractivity contribution in [2.24, 2.45) is 0 Å². The molecule has 0 saturated carbocycles. The van der Waals surface area contributed by atoms with Crippen LogP contribution in [-0.2, 0) is 27.0 Å². The molecule has 2 aromatic carbocycles. The minimum atomic E-state index is -3.99. The van der Waals surface area contributed by atoms with Gasteiger partial charge in [-0.15, -0.1) is 0 Å². The van der Waals surface area contributed by atoms with Crippen LogP contribution in [0.3, 0.4) is 0 Å². The zero-order valence-electron chi connectivity index (χ0n) is 24.3. The Balaban J connectivity index is 0.00000648. The van der Waals surface area contributed by atoms with Crippen LogP contribution in [-0.4, -0.2) is 14.3 Å². The van der Waals surface area contributed by atoms with E-state index in [1.807, 2.05) is 18.2 Å². The average molecular weight is 522 g/mol. The molecule has 0 fully saturated rings. The molecule has 0 unspecified atom stereocenters. The number of carbonyl (C=O) groups excluding carboxylic acids is 1. The van der Waals surface area contributed by atoms with Crippen LogP contribution in [0.15, 0.2) is 30.3 Å². The summed E-state index contributed by atoms with van der Waals surface area (Å²) in [4.78, 5) is 13.0. The largest absolute Gasteiger partial charge is 1.00 e. The van der Waals surface area contributed by atoms with Crippen molar-refractivity contribution in [1.82, 2.24) is 0 Å². The number of nitrogens with zero attached hydrogens (tertiary/aromatic N) is 1. The first-order chi connectivity index (χ1) is 16.1. The van der Waals surface area contributed by atoms with E-state index in [1.165, 1.54) is 5.56 Å². The molecule has 0 saturated heterocycles. The van der Waals surface area contributed by atoms with Crippen LogP contribution in [0, 0.1) is 0 Å². The van der Waals surface area contributed by atoms with E-state index in [-0.39, 0.29) is 65.4 Å². The van der Waals surface area contributed by atoms with Gasteiger partial charge in [-0.05, 0) is 68.5 Å².